The Bertz CT molecular complexity index is 786. The maximum atomic E-state index is 12.7. The molecule has 1 aromatic carbocycles. The topological polar surface area (TPSA) is 99.2 Å². The third-order valence-electron chi connectivity index (χ3n) is 3.99. The van der Waals surface area contributed by atoms with E-state index in [1.165, 1.54) is 4.90 Å². The van der Waals surface area contributed by atoms with E-state index in [1.807, 2.05) is 30.3 Å². The number of carbonyl (C=O) groups is 2. The number of piperidine rings is 1. The van der Waals surface area contributed by atoms with Gasteiger partial charge in [0.15, 0.2) is 0 Å². The fourth-order valence-corrected chi connectivity index (χ4v) is 3.52. The SMILES string of the molecule is CC(C)(C)OC(=O)N1CCC(OS(C)(=O)=O)CC1C(=O)OCc1ccccc1. The van der Waals surface area contributed by atoms with Gasteiger partial charge in [-0.3, -0.25) is 9.08 Å². The van der Waals surface area contributed by atoms with Crippen molar-refractivity contribution < 1.29 is 31.7 Å². The molecule has 0 spiro atoms. The highest BCUT2D eigenvalue weighted by molar-refractivity contribution is 7.86. The van der Waals surface area contributed by atoms with Gasteiger partial charge in [-0.2, -0.15) is 8.42 Å². The second-order valence-electron chi connectivity index (χ2n) is 7.73. The molecular formula is C19H27NO7S. The number of carbonyl (C=O) groups excluding carboxylic acids is 2. The third-order valence-corrected chi connectivity index (χ3v) is 4.61. The summed E-state index contributed by atoms with van der Waals surface area (Å²) in [4.78, 5) is 26.5. The van der Waals surface area contributed by atoms with Crippen molar-refractivity contribution in [1.29, 1.82) is 0 Å². The number of hydrogen-bond donors (Lipinski definition) is 0. The lowest BCUT2D eigenvalue weighted by atomic mass is 10.00. The lowest BCUT2D eigenvalue weighted by Crippen LogP contribution is -2.53. The molecule has 2 atom stereocenters. The maximum absolute atomic E-state index is 12.7. The Balaban J connectivity index is 2.12. The molecule has 0 aromatic heterocycles. The third kappa shape index (κ3) is 7.12. The predicted octanol–water partition coefficient (Wildman–Crippen LogP) is 2.47. The smallest absolute Gasteiger partial charge is 0.411 e. The van der Waals surface area contributed by atoms with Gasteiger partial charge >= 0.3 is 12.1 Å². The van der Waals surface area contributed by atoms with Crippen molar-refractivity contribution in [1.82, 2.24) is 4.90 Å². The van der Waals surface area contributed by atoms with Gasteiger partial charge in [0.1, 0.15) is 18.2 Å². The Hall–Kier alpha value is -2.13. The minimum atomic E-state index is -3.68. The summed E-state index contributed by atoms with van der Waals surface area (Å²) in [5, 5.41) is 0. The van der Waals surface area contributed by atoms with Crippen LogP contribution in [-0.4, -0.2) is 55.9 Å². The number of rotatable bonds is 5. The normalized spacial score (nSPS) is 20.5. The van der Waals surface area contributed by atoms with E-state index in [0.29, 0.717) is 0 Å². The fraction of sp³-hybridized carbons (Fsp3) is 0.579. The van der Waals surface area contributed by atoms with Crippen LogP contribution in [0.4, 0.5) is 4.79 Å². The van der Waals surface area contributed by atoms with E-state index < -0.39 is 39.9 Å². The summed E-state index contributed by atoms with van der Waals surface area (Å²) >= 11 is 0. The van der Waals surface area contributed by atoms with Gasteiger partial charge in [-0.05, 0) is 32.8 Å². The van der Waals surface area contributed by atoms with E-state index in [4.69, 9.17) is 13.7 Å². The van der Waals surface area contributed by atoms with Gasteiger partial charge < -0.3 is 9.47 Å². The summed E-state index contributed by atoms with van der Waals surface area (Å²) < 4.78 is 38.7. The molecule has 1 aromatic rings. The molecule has 28 heavy (non-hydrogen) atoms. The molecule has 2 unspecified atom stereocenters. The van der Waals surface area contributed by atoms with Gasteiger partial charge in [-0.15, -0.1) is 0 Å². The van der Waals surface area contributed by atoms with Crippen molar-refractivity contribution in [2.45, 2.75) is 58.0 Å². The Morgan fingerprint density at radius 2 is 1.82 bits per heavy atom. The van der Waals surface area contributed by atoms with Crippen LogP contribution >= 0.6 is 0 Å². The van der Waals surface area contributed by atoms with E-state index in [9.17, 15) is 18.0 Å². The van der Waals surface area contributed by atoms with Crippen LogP contribution in [0.1, 0.15) is 39.2 Å². The molecule has 9 heteroatoms. The number of nitrogens with zero attached hydrogens (tertiary/aromatic N) is 1. The van der Waals surface area contributed by atoms with Gasteiger partial charge in [0.25, 0.3) is 10.1 Å². The molecule has 0 aliphatic carbocycles. The highest BCUT2D eigenvalue weighted by atomic mass is 32.2. The molecule has 1 amide bonds. The van der Waals surface area contributed by atoms with Crippen LogP contribution in [0.3, 0.4) is 0 Å². The first-order valence-electron chi connectivity index (χ1n) is 9.03. The summed E-state index contributed by atoms with van der Waals surface area (Å²) in [6.45, 7) is 5.36. The number of likely N-dealkylation sites (tertiary alicyclic amines) is 1. The molecule has 1 fully saturated rings. The Labute approximate surface area is 165 Å². The lowest BCUT2D eigenvalue weighted by molar-refractivity contribution is -0.154. The number of ether oxygens (including phenoxy) is 2. The van der Waals surface area contributed by atoms with Gasteiger partial charge in [-0.25, -0.2) is 9.59 Å². The van der Waals surface area contributed by atoms with Crippen LogP contribution in [0, 0.1) is 0 Å². The second kappa shape index (κ2) is 8.91. The number of amides is 1. The van der Waals surface area contributed by atoms with Crippen molar-refractivity contribution >= 4 is 22.2 Å². The largest absolute Gasteiger partial charge is 0.459 e. The Morgan fingerprint density at radius 3 is 2.39 bits per heavy atom. The highest BCUT2D eigenvalue weighted by Gasteiger charge is 2.40. The Morgan fingerprint density at radius 1 is 1.18 bits per heavy atom. The number of benzene rings is 1. The van der Waals surface area contributed by atoms with Gasteiger partial charge in [0.05, 0.1) is 12.4 Å². The van der Waals surface area contributed by atoms with E-state index in [1.54, 1.807) is 20.8 Å². The number of hydrogen-bond acceptors (Lipinski definition) is 7. The fourth-order valence-electron chi connectivity index (χ4n) is 2.86. The second-order valence-corrected chi connectivity index (χ2v) is 9.33. The number of esters is 1. The molecule has 1 aliphatic heterocycles. The minimum absolute atomic E-state index is 0.0138. The van der Waals surface area contributed by atoms with Crippen molar-refractivity contribution in [3.05, 3.63) is 35.9 Å². The monoisotopic (exact) mass is 413 g/mol. The van der Waals surface area contributed by atoms with Crippen LogP contribution < -0.4 is 0 Å². The maximum Gasteiger partial charge on any atom is 0.411 e. The molecule has 1 aliphatic rings. The molecular weight excluding hydrogens is 386 g/mol. The summed E-state index contributed by atoms with van der Waals surface area (Å²) in [5.74, 6) is -0.628. The quantitative estimate of drug-likeness (QED) is 0.540. The molecule has 0 radical (unpaired) electrons. The molecule has 0 bridgehead atoms. The summed E-state index contributed by atoms with van der Waals surface area (Å²) in [6.07, 6.45) is -0.111. The zero-order chi connectivity index (χ0) is 20.9. The van der Waals surface area contributed by atoms with Gasteiger partial charge in [0, 0.05) is 13.0 Å². The molecule has 8 nitrogen and oxygen atoms in total. The lowest BCUT2D eigenvalue weighted by Gasteiger charge is -2.37. The van der Waals surface area contributed by atoms with E-state index in [2.05, 4.69) is 0 Å². The van der Waals surface area contributed by atoms with Crippen molar-refractivity contribution in [2.75, 3.05) is 12.8 Å². The van der Waals surface area contributed by atoms with Crippen molar-refractivity contribution in [3.63, 3.8) is 0 Å². The summed E-state index contributed by atoms with van der Waals surface area (Å²) in [6, 6.07) is 8.15. The molecule has 1 heterocycles. The van der Waals surface area contributed by atoms with Crippen LogP contribution in [0.25, 0.3) is 0 Å². The van der Waals surface area contributed by atoms with Gasteiger partial charge in [0.2, 0.25) is 0 Å². The molecule has 0 saturated carbocycles. The van der Waals surface area contributed by atoms with Crippen molar-refractivity contribution in [3.8, 4) is 0 Å². The zero-order valence-electron chi connectivity index (χ0n) is 16.6. The highest BCUT2D eigenvalue weighted by Crippen LogP contribution is 2.25. The van der Waals surface area contributed by atoms with Crippen molar-refractivity contribution in [2.24, 2.45) is 0 Å². The molecule has 156 valence electrons. The molecule has 0 N–H and O–H groups in total. The minimum Gasteiger partial charge on any atom is -0.459 e. The molecule has 1 saturated heterocycles. The van der Waals surface area contributed by atoms with Crippen LogP contribution in [0.2, 0.25) is 0 Å². The first kappa shape index (κ1) is 22.2. The van der Waals surface area contributed by atoms with E-state index >= 15 is 0 Å². The van der Waals surface area contributed by atoms with Crippen LogP contribution in [0.5, 0.6) is 0 Å². The van der Waals surface area contributed by atoms with Crippen LogP contribution in [-0.2, 0) is 35.2 Å². The Kier molecular flexibility index (Phi) is 7.06. The standard InChI is InChI=1S/C19H27NO7S/c1-19(2,3)26-18(22)20-11-10-15(27-28(4,23)24)12-16(20)17(21)25-13-14-8-6-5-7-9-14/h5-9,15-16H,10-13H2,1-4H3. The predicted molar refractivity (Wildman–Crippen MR) is 102 cm³/mol. The zero-order valence-corrected chi connectivity index (χ0v) is 17.4. The molecule has 2 rings (SSSR count). The van der Waals surface area contributed by atoms with E-state index in [-0.39, 0.29) is 26.0 Å². The average molecular weight is 413 g/mol. The average Bonchev–Trinajstić information content (AvgIpc) is 2.57. The van der Waals surface area contributed by atoms with E-state index in [0.717, 1.165) is 11.8 Å². The first-order valence-corrected chi connectivity index (χ1v) is 10.8. The van der Waals surface area contributed by atoms with Crippen LogP contribution in [0.15, 0.2) is 30.3 Å². The summed E-state index contributed by atoms with van der Waals surface area (Å²) in [7, 11) is -3.68. The summed E-state index contributed by atoms with van der Waals surface area (Å²) in [5.41, 5.74) is 0.0785. The first-order chi connectivity index (χ1) is 12.9. The van der Waals surface area contributed by atoms with Gasteiger partial charge in [-0.1, -0.05) is 30.3 Å².